The molecule has 0 aliphatic carbocycles. The third kappa shape index (κ3) is 2.91. The fraction of sp³-hybridized carbons (Fsp3) is 0.600. The summed E-state index contributed by atoms with van der Waals surface area (Å²) in [7, 11) is 0. The molecule has 0 saturated carbocycles. The third-order valence-corrected chi connectivity index (χ3v) is 1.13. The smallest absolute Gasteiger partial charge is 0.220 e. The van der Waals surface area contributed by atoms with Crippen LogP contribution in [0.25, 0.3) is 0 Å². The number of carbonyl (C=O) groups excluding carboxylic acids is 1. The van der Waals surface area contributed by atoms with Crippen LogP contribution in [0.4, 0.5) is 0 Å². The van der Waals surface area contributed by atoms with Crippen LogP contribution in [0.3, 0.4) is 0 Å². The monoisotopic (exact) mass is 145 g/mol. The average Bonchev–Trinajstić information content (AvgIpc) is 1.87. The number of nitrogens with two attached hydrogens (primary N) is 2. The first-order chi connectivity index (χ1) is 4.57. The number of amidine groups is 1. The van der Waals surface area contributed by atoms with Crippen molar-refractivity contribution in [3.63, 3.8) is 0 Å². The van der Waals surface area contributed by atoms with Crippen molar-refractivity contribution in [2.45, 2.75) is 13.3 Å². The van der Waals surface area contributed by atoms with Gasteiger partial charge in [0.15, 0.2) is 0 Å². The predicted octanol–water partition coefficient (Wildman–Crippen LogP) is -0.756. The zero-order valence-corrected chi connectivity index (χ0v) is 5.74. The number of hydrogen-bond donors (Lipinski definition) is 3. The SMILES string of the molecule is CC(C/C(N)=N/O)C(N)=O. The summed E-state index contributed by atoms with van der Waals surface area (Å²) in [6.45, 7) is 1.61. The van der Waals surface area contributed by atoms with Gasteiger partial charge in [0.05, 0.1) is 0 Å². The Bertz CT molecular complexity index is 155. The van der Waals surface area contributed by atoms with Crippen LogP contribution in [-0.2, 0) is 4.79 Å². The van der Waals surface area contributed by atoms with Crippen molar-refractivity contribution in [2.75, 3.05) is 0 Å². The Hall–Kier alpha value is -1.26. The first kappa shape index (κ1) is 8.74. The number of oxime groups is 1. The Kier molecular flexibility index (Phi) is 3.24. The highest BCUT2D eigenvalue weighted by Crippen LogP contribution is 1.98. The van der Waals surface area contributed by atoms with Crippen molar-refractivity contribution < 1.29 is 10.0 Å². The van der Waals surface area contributed by atoms with Crippen LogP contribution >= 0.6 is 0 Å². The van der Waals surface area contributed by atoms with Crippen LogP contribution in [0.5, 0.6) is 0 Å². The van der Waals surface area contributed by atoms with Crippen molar-refractivity contribution in [2.24, 2.45) is 22.5 Å². The van der Waals surface area contributed by atoms with E-state index in [2.05, 4.69) is 5.16 Å². The maximum absolute atomic E-state index is 10.4. The minimum atomic E-state index is -0.452. The van der Waals surface area contributed by atoms with Gasteiger partial charge in [-0.05, 0) is 0 Å². The Balaban J connectivity index is 3.80. The number of primary amides is 1. The van der Waals surface area contributed by atoms with E-state index in [0.717, 1.165) is 0 Å². The van der Waals surface area contributed by atoms with Crippen LogP contribution in [0.15, 0.2) is 5.16 Å². The van der Waals surface area contributed by atoms with Gasteiger partial charge in [-0.15, -0.1) is 0 Å². The first-order valence-electron chi connectivity index (χ1n) is 2.83. The van der Waals surface area contributed by atoms with Crippen molar-refractivity contribution in [1.29, 1.82) is 0 Å². The molecule has 0 bridgehead atoms. The largest absolute Gasteiger partial charge is 0.409 e. The summed E-state index contributed by atoms with van der Waals surface area (Å²) in [6, 6.07) is 0. The molecule has 0 aromatic rings. The van der Waals surface area contributed by atoms with Crippen molar-refractivity contribution >= 4 is 11.7 Å². The second kappa shape index (κ2) is 3.71. The van der Waals surface area contributed by atoms with Crippen LogP contribution < -0.4 is 11.5 Å². The molecule has 0 aliphatic heterocycles. The molecule has 0 aliphatic rings. The highest BCUT2D eigenvalue weighted by Gasteiger charge is 2.09. The van der Waals surface area contributed by atoms with E-state index in [4.69, 9.17) is 16.7 Å². The summed E-state index contributed by atoms with van der Waals surface area (Å²) in [5.41, 5.74) is 10.0. The normalized spacial score (nSPS) is 14.7. The van der Waals surface area contributed by atoms with E-state index in [1.807, 2.05) is 0 Å². The van der Waals surface area contributed by atoms with Crippen molar-refractivity contribution in [1.82, 2.24) is 0 Å². The number of rotatable bonds is 3. The number of nitrogens with zero attached hydrogens (tertiary/aromatic N) is 1. The van der Waals surface area contributed by atoms with Gasteiger partial charge in [-0.3, -0.25) is 4.79 Å². The lowest BCUT2D eigenvalue weighted by Crippen LogP contribution is -2.26. The molecule has 0 spiro atoms. The van der Waals surface area contributed by atoms with Crippen molar-refractivity contribution in [3.8, 4) is 0 Å². The number of amides is 1. The molecule has 1 unspecified atom stereocenters. The van der Waals surface area contributed by atoms with Gasteiger partial charge in [-0.1, -0.05) is 12.1 Å². The van der Waals surface area contributed by atoms with Crippen LogP contribution in [0.1, 0.15) is 13.3 Å². The van der Waals surface area contributed by atoms with Gasteiger partial charge in [-0.2, -0.15) is 0 Å². The van der Waals surface area contributed by atoms with Gasteiger partial charge in [0.25, 0.3) is 0 Å². The maximum atomic E-state index is 10.4. The summed E-state index contributed by atoms with van der Waals surface area (Å²) in [5, 5.41) is 10.8. The fourth-order valence-electron chi connectivity index (χ4n) is 0.455. The molecule has 0 aromatic carbocycles. The quantitative estimate of drug-likeness (QED) is 0.210. The molecule has 5 N–H and O–H groups in total. The van der Waals surface area contributed by atoms with Crippen LogP contribution in [0, 0.1) is 5.92 Å². The lowest BCUT2D eigenvalue weighted by molar-refractivity contribution is -0.121. The third-order valence-electron chi connectivity index (χ3n) is 1.13. The minimum Gasteiger partial charge on any atom is -0.409 e. The molecule has 0 radical (unpaired) electrons. The molecule has 58 valence electrons. The molecular formula is C5H11N3O2. The summed E-state index contributed by atoms with van der Waals surface area (Å²) in [6.07, 6.45) is 0.200. The molecular weight excluding hydrogens is 134 g/mol. The highest BCUT2D eigenvalue weighted by molar-refractivity contribution is 5.86. The van der Waals surface area contributed by atoms with Gasteiger partial charge >= 0.3 is 0 Å². The number of carbonyl (C=O) groups is 1. The van der Waals surface area contributed by atoms with E-state index in [-0.39, 0.29) is 18.2 Å². The molecule has 0 rings (SSSR count). The molecule has 5 nitrogen and oxygen atoms in total. The molecule has 0 fully saturated rings. The standard InChI is InChI=1S/C5H11N3O2/c1-3(5(7)9)2-4(6)8-10/h3,10H,2H2,1H3,(H2,6,8)(H2,7,9). The van der Waals surface area contributed by atoms with Crippen molar-refractivity contribution in [3.05, 3.63) is 0 Å². The molecule has 0 heterocycles. The summed E-state index contributed by atoms with van der Waals surface area (Å²) >= 11 is 0. The second-order valence-corrected chi connectivity index (χ2v) is 2.10. The molecule has 5 heteroatoms. The Morgan fingerprint density at radius 2 is 2.20 bits per heavy atom. The van der Waals surface area contributed by atoms with Gasteiger partial charge < -0.3 is 16.7 Å². The topological polar surface area (TPSA) is 102 Å². The van der Waals surface area contributed by atoms with Gasteiger partial charge in [0.2, 0.25) is 5.91 Å². The molecule has 0 aromatic heterocycles. The molecule has 1 amide bonds. The zero-order valence-electron chi connectivity index (χ0n) is 5.74. The highest BCUT2D eigenvalue weighted by atomic mass is 16.4. The van der Waals surface area contributed by atoms with Gasteiger partial charge in [0.1, 0.15) is 5.84 Å². The van der Waals surface area contributed by atoms with E-state index < -0.39 is 5.91 Å². The lowest BCUT2D eigenvalue weighted by atomic mass is 10.1. The van der Waals surface area contributed by atoms with E-state index in [9.17, 15) is 4.79 Å². The van der Waals surface area contributed by atoms with E-state index in [0.29, 0.717) is 0 Å². The minimum absolute atomic E-state index is 0.0197. The van der Waals surface area contributed by atoms with Crippen LogP contribution in [-0.4, -0.2) is 17.0 Å². The second-order valence-electron chi connectivity index (χ2n) is 2.10. The van der Waals surface area contributed by atoms with E-state index in [1.54, 1.807) is 6.92 Å². The molecule has 0 saturated heterocycles. The van der Waals surface area contributed by atoms with Crippen LogP contribution in [0.2, 0.25) is 0 Å². The average molecular weight is 145 g/mol. The first-order valence-corrected chi connectivity index (χ1v) is 2.83. The lowest BCUT2D eigenvalue weighted by Gasteiger charge is -2.03. The van der Waals surface area contributed by atoms with E-state index >= 15 is 0 Å². The zero-order chi connectivity index (χ0) is 8.15. The fourth-order valence-corrected chi connectivity index (χ4v) is 0.455. The number of hydrogen-bond acceptors (Lipinski definition) is 3. The maximum Gasteiger partial charge on any atom is 0.220 e. The van der Waals surface area contributed by atoms with Gasteiger partial charge in [-0.25, -0.2) is 0 Å². The van der Waals surface area contributed by atoms with Gasteiger partial charge in [0, 0.05) is 12.3 Å². The predicted molar refractivity (Wildman–Crippen MR) is 36.4 cm³/mol. The Morgan fingerprint density at radius 1 is 1.70 bits per heavy atom. The Morgan fingerprint density at radius 3 is 2.50 bits per heavy atom. The Labute approximate surface area is 58.7 Å². The summed E-state index contributed by atoms with van der Waals surface area (Å²) in [5.74, 6) is -0.811. The van der Waals surface area contributed by atoms with E-state index in [1.165, 1.54) is 0 Å². The summed E-state index contributed by atoms with van der Waals surface area (Å²) < 4.78 is 0. The molecule has 1 atom stereocenters. The molecule has 10 heavy (non-hydrogen) atoms. The summed E-state index contributed by atoms with van der Waals surface area (Å²) in [4.78, 5) is 10.4.